The average molecular weight is 263 g/mol. The predicted octanol–water partition coefficient (Wildman–Crippen LogP) is 0.669. The van der Waals surface area contributed by atoms with Gasteiger partial charge in [0, 0.05) is 13.1 Å². The van der Waals surface area contributed by atoms with Crippen molar-refractivity contribution in [2.75, 3.05) is 23.7 Å². The minimum Gasteiger partial charge on any atom is -0.478 e. The first-order valence-electron chi connectivity index (χ1n) is 6.16. The number of aromatic carboxylic acids is 1. The molecule has 0 bridgehead atoms. The number of hydrogen-bond donors (Lipinski definition) is 3. The molecule has 1 aromatic rings. The molecule has 0 saturated carbocycles. The number of benzene rings is 1. The number of anilines is 2. The largest absolute Gasteiger partial charge is 0.478 e. The standard InChI is InChI=1S/C13H17N3O3/c14-10-6-8(13(18)19)3-4-11(10)16-5-1-2-9(7-16)12(15)17/h3-4,6,9H,1-2,5,7,14H2,(H2,15,17)(H,18,19). The minimum atomic E-state index is -1.01. The van der Waals surface area contributed by atoms with Gasteiger partial charge in [-0.15, -0.1) is 0 Å². The summed E-state index contributed by atoms with van der Waals surface area (Å²) in [5, 5.41) is 8.89. The second-order valence-electron chi connectivity index (χ2n) is 4.77. The van der Waals surface area contributed by atoms with E-state index in [4.69, 9.17) is 16.6 Å². The number of hydrogen-bond acceptors (Lipinski definition) is 4. The van der Waals surface area contributed by atoms with Crippen LogP contribution in [0.3, 0.4) is 0 Å². The van der Waals surface area contributed by atoms with Crippen LogP contribution in [0.15, 0.2) is 18.2 Å². The second kappa shape index (κ2) is 5.17. The van der Waals surface area contributed by atoms with E-state index in [1.807, 2.05) is 4.90 Å². The molecule has 2 rings (SSSR count). The summed E-state index contributed by atoms with van der Waals surface area (Å²) in [6, 6.07) is 4.63. The lowest BCUT2D eigenvalue weighted by atomic mass is 9.96. The number of carbonyl (C=O) groups excluding carboxylic acids is 1. The Hall–Kier alpha value is -2.24. The molecule has 102 valence electrons. The molecule has 5 N–H and O–H groups in total. The predicted molar refractivity (Wildman–Crippen MR) is 71.9 cm³/mol. The molecular formula is C13H17N3O3. The number of rotatable bonds is 3. The van der Waals surface area contributed by atoms with Crippen LogP contribution in [-0.4, -0.2) is 30.1 Å². The SMILES string of the molecule is NC(=O)C1CCCN(c2ccc(C(=O)O)cc2N)C1. The Balaban J connectivity index is 2.22. The van der Waals surface area contributed by atoms with E-state index in [1.54, 1.807) is 6.07 Å². The summed E-state index contributed by atoms with van der Waals surface area (Å²) in [6.45, 7) is 1.33. The van der Waals surface area contributed by atoms with Crippen molar-refractivity contribution in [3.63, 3.8) is 0 Å². The van der Waals surface area contributed by atoms with Gasteiger partial charge >= 0.3 is 5.97 Å². The fraction of sp³-hybridized carbons (Fsp3) is 0.385. The number of carboxylic acids is 1. The first kappa shape index (κ1) is 13.2. The number of primary amides is 1. The Morgan fingerprint density at radius 3 is 2.68 bits per heavy atom. The van der Waals surface area contributed by atoms with Crippen LogP contribution >= 0.6 is 0 Å². The highest BCUT2D eigenvalue weighted by molar-refractivity contribution is 5.90. The van der Waals surface area contributed by atoms with Gasteiger partial charge < -0.3 is 21.5 Å². The lowest BCUT2D eigenvalue weighted by molar-refractivity contribution is -0.122. The van der Waals surface area contributed by atoms with E-state index < -0.39 is 5.97 Å². The van der Waals surface area contributed by atoms with Gasteiger partial charge in [-0.3, -0.25) is 4.79 Å². The highest BCUT2D eigenvalue weighted by Gasteiger charge is 2.25. The van der Waals surface area contributed by atoms with E-state index in [-0.39, 0.29) is 17.4 Å². The summed E-state index contributed by atoms with van der Waals surface area (Å²) < 4.78 is 0. The van der Waals surface area contributed by atoms with Crippen molar-refractivity contribution in [1.29, 1.82) is 0 Å². The van der Waals surface area contributed by atoms with E-state index in [9.17, 15) is 9.59 Å². The normalized spacial score (nSPS) is 19.2. The highest BCUT2D eigenvalue weighted by Crippen LogP contribution is 2.28. The smallest absolute Gasteiger partial charge is 0.335 e. The third-order valence-electron chi connectivity index (χ3n) is 3.44. The number of nitrogens with two attached hydrogens (primary N) is 2. The van der Waals surface area contributed by atoms with Gasteiger partial charge in [-0.1, -0.05) is 0 Å². The monoisotopic (exact) mass is 263 g/mol. The van der Waals surface area contributed by atoms with Gasteiger partial charge in [-0.05, 0) is 31.0 Å². The van der Waals surface area contributed by atoms with E-state index in [2.05, 4.69) is 0 Å². The summed E-state index contributed by atoms with van der Waals surface area (Å²) in [5.41, 5.74) is 12.5. The zero-order valence-corrected chi connectivity index (χ0v) is 10.5. The zero-order valence-electron chi connectivity index (χ0n) is 10.5. The molecule has 6 nitrogen and oxygen atoms in total. The number of nitrogens with zero attached hydrogens (tertiary/aromatic N) is 1. The van der Waals surface area contributed by atoms with Gasteiger partial charge in [0.25, 0.3) is 0 Å². The molecule has 1 aliphatic heterocycles. The number of carboxylic acid groups (broad SMARTS) is 1. The summed E-state index contributed by atoms with van der Waals surface area (Å²) in [6.07, 6.45) is 1.66. The van der Waals surface area contributed by atoms with Crippen molar-refractivity contribution in [1.82, 2.24) is 0 Å². The van der Waals surface area contributed by atoms with E-state index in [0.717, 1.165) is 25.1 Å². The van der Waals surface area contributed by atoms with Crippen LogP contribution in [0.2, 0.25) is 0 Å². The lowest BCUT2D eigenvalue weighted by Gasteiger charge is -2.33. The molecule has 0 aromatic heterocycles. The maximum Gasteiger partial charge on any atom is 0.335 e. The summed E-state index contributed by atoms with van der Waals surface area (Å²) in [4.78, 5) is 24.1. The van der Waals surface area contributed by atoms with Crippen LogP contribution in [0, 0.1) is 5.92 Å². The quantitative estimate of drug-likeness (QED) is 0.694. The number of amides is 1. The molecular weight excluding hydrogens is 246 g/mol. The molecule has 0 radical (unpaired) electrons. The molecule has 0 spiro atoms. The summed E-state index contributed by atoms with van der Waals surface area (Å²) in [7, 11) is 0. The highest BCUT2D eigenvalue weighted by atomic mass is 16.4. The van der Waals surface area contributed by atoms with Gasteiger partial charge in [0.05, 0.1) is 22.9 Å². The fourth-order valence-electron chi connectivity index (χ4n) is 2.40. The van der Waals surface area contributed by atoms with Crippen LogP contribution in [-0.2, 0) is 4.79 Å². The molecule has 1 atom stereocenters. The van der Waals surface area contributed by atoms with Crippen LogP contribution in [0.25, 0.3) is 0 Å². The van der Waals surface area contributed by atoms with Gasteiger partial charge in [0.2, 0.25) is 5.91 Å². The molecule has 19 heavy (non-hydrogen) atoms. The van der Waals surface area contributed by atoms with Gasteiger partial charge in [-0.2, -0.15) is 0 Å². The lowest BCUT2D eigenvalue weighted by Crippen LogP contribution is -2.41. The Kier molecular flexibility index (Phi) is 3.59. The number of nitrogen functional groups attached to an aromatic ring is 1. The summed E-state index contributed by atoms with van der Waals surface area (Å²) in [5.74, 6) is -1.48. The molecule has 1 aromatic carbocycles. The van der Waals surface area contributed by atoms with Gasteiger partial charge in [0.1, 0.15) is 0 Å². The van der Waals surface area contributed by atoms with Crippen molar-refractivity contribution >= 4 is 23.3 Å². The molecule has 1 aliphatic rings. The molecule has 6 heteroatoms. The van der Waals surface area contributed by atoms with Crippen LogP contribution in [0.5, 0.6) is 0 Å². The molecule has 1 saturated heterocycles. The van der Waals surface area contributed by atoms with Crippen LogP contribution in [0.1, 0.15) is 23.2 Å². The first-order chi connectivity index (χ1) is 8.99. The van der Waals surface area contributed by atoms with Crippen LogP contribution in [0.4, 0.5) is 11.4 Å². The van der Waals surface area contributed by atoms with Crippen molar-refractivity contribution in [3.8, 4) is 0 Å². The van der Waals surface area contributed by atoms with E-state index >= 15 is 0 Å². The van der Waals surface area contributed by atoms with Crippen LogP contribution < -0.4 is 16.4 Å². The Bertz CT molecular complexity index is 516. The molecule has 1 heterocycles. The Labute approximate surface area is 111 Å². The Morgan fingerprint density at radius 2 is 2.11 bits per heavy atom. The summed E-state index contributed by atoms with van der Waals surface area (Å²) >= 11 is 0. The molecule has 0 aliphatic carbocycles. The van der Waals surface area contributed by atoms with E-state index in [0.29, 0.717) is 12.2 Å². The first-order valence-corrected chi connectivity index (χ1v) is 6.16. The minimum absolute atomic E-state index is 0.157. The third kappa shape index (κ3) is 2.78. The number of carbonyl (C=O) groups is 2. The molecule has 1 unspecified atom stereocenters. The number of piperidine rings is 1. The average Bonchev–Trinajstić information content (AvgIpc) is 2.38. The van der Waals surface area contributed by atoms with Crippen molar-refractivity contribution < 1.29 is 14.7 Å². The van der Waals surface area contributed by atoms with Gasteiger partial charge in [0.15, 0.2) is 0 Å². The van der Waals surface area contributed by atoms with Crippen molar-refractivity contribution in [2.24, 2.45) is 11.7 Å². The fourth-order valence-corrected chi connectivity index (χ4v) is 2.40. The van der Waals surface area contributed by atoms with E-state index in [1.165, 1.54) is 12.1 Å². The molecule has 1 fully saturated rings. The third-order valence-corrected chi connectivity index (χ3v) is 3.44. The van der Waals surface area contributed by atoms with Crippen molar-refractivity contribution in [2.45, 2.75) is 12.8 Å². The van der Waals surface area contributed by atoms with Gasteiger partial charge in [-0.25, -0.2) is 4.79 Å². The topological polar surface area (TPSA) is 110 Å². The maximum absolute atomic E-state index is 11.2. The molecule has 1 amide bonds. The second-order valence-corrected chi connectivity index (χ2v) is 4.77. The van der Waals surface area contributed by atoms with Crippen molar-refractivity contribution in [3.05, 3.63) is 23.8 Å². The maximum atomic E-state index is 11.2. The Morgan fingerprint density at radius 1 is 1.37 bits per heavy atom. The zero-order chi connectivity index (χ0) is 14.0.